The van der Waals surface area contributed by atoms with Crippen LogP contribution in [0.2, 0.25) is 0 Å². The molecule has 0 aromatic carbocycles. The molecule has 1 aliphatic rings. The van der Waals surface area contributed by atoms with Gasteiger partial charge in [-0.05, 0) is 19.4 Å². The Balaban J connectivity index is 2.24. The molecule has 0 bridgehead atoms. The number of anilines is 1. The second kappa shape index (κ2) is 4.77. The zero-order valence-corrected chi connectivity index (χ0v) is 12.5. The van der Waals surface area contributed by atoms with E-state index in [1.807, 2.05) is 0 Å². The number of carbonyl (C=O) groups excluding carboxylic acids is 1. The van der Waals surface area contributed by atoms with E-state index in [-0.39, 0.29) is 16.7 Å². The minimum absolute atomic E-state index is 0.129. The first-order valence-corrected chi connectivity index (χ1v) is 8.18. The van der Waals surface area contributed by atoms with Crippen molar-refractivity contribution in [1.29, 1.82) is 0 Å². The first kappa shape index (κ1) is 14.3. The number of carbonyl (C=O) groups is 1. The lowest BCUT2D eigenvalue weighted by Gasteiger charge is -2.22. The number of hydrogen-bond acceptors (Lipinski definition) is 5. The molecule has 1 aromatic heterocycles. The summed E-state index contributed by atoms with van der Waals surface area (Å²) in [4.78, 5) is 11.8. The molecule has 19 heavy (non-hydrogen) atoms. The van der Waals surface area contributed by atoms with Crippen LogP contribution in [0.15, 0.2) is 15.7 Å². The standard InChI is InChI=1S/C11H17N3O3S2/c1-11(10(15)13-2)3-4-14(7-11)19(16,17)9-5-8(12)6-18-9/h5-6H,3-4,7,12H2,1-2H3,(H,13,15). The molecule has 1 saturated heterocycles. The van der Waals surface area contributed by atoms with Crippen LogP contribution in [0.4, 0.5) is 5.69 Å². The molecule has 1 amide bonds. The number of hydrogen-bond donors (Lipinski definition) is 2. The van der Waals surface area contributed by atoms with Crippen LogP contribution in [0.1, 0.15) is 13.3 Å². The number of nitrogen functional groups attached to an aromatic ring is 1. The number of amides is 1. The van der Waals surface area contributed by atoms with E-state index in [1.165, 1.54) is 10.4 Å². The molecule has 0 radical (unpaired) electrons. The molecule has 0 aliphatic carbocycles. The molecule has 0 saturated carbocycles. The summed E-state index contributed by atoms with van der Waals surface area (Å²) in [5.74, 6) is -0.129. The number of thiophene rings is 1. The van der Waals surface area contributed by atoms with Crippen molar-refractivity contribution in [2.45, 2.75) is 17.6 Å². The van der Waals surface area contributed by atoms with Gasteiger partial charge in [0.25, 0.3) is 10.0 Å². The highest BCUT2D eigenvalue weighted by Crippen LogP contribution is 2.35. The minimum Gasteiger partial charge on any atom is -0.398 e. The lowest BCUT2D eigenvalue weighted by Crippen LogP contribution is -2.40. The summed E-state index contributed by atoms with van der Waals surface area (Å²) in [7, 11) is -1.98. The van der Waals surface area contributed by atoms with Crippen molar-refractivity contribution in [3.63, 3.8) is 0 Å². The summed E-state index contributed by atoms with van der Waals surface area (Å²) in [6.07, 6.45) is 0.521. The van der Waals surface area contributed by atoms with Crippen LogP contribution in [0.25, 0.3) is 0 Å². The zero-order valence-electron chi connectivity index (χ0n) is 10.8. The van der Waals surface area contributed by atoms with Crippen molar-refractivity contribution in [3.8, 4) is 0 Å². The Hall–Kier alpha value is -1.12. The van der Waals surface area contributed by atoms with Gasteiger partial charge in [0.05, 0.1) is 5.41 Å². The quantitative estimate of drug-likeness (QED) is 0.849. The van der Waals surface area contributed by atoms with Gasteiger partial charge in [-0.25, -0.2) is 8.42 Å². The van der Waals surface area contributed by atoms with Crippen LogP contribution >= 0.6 is 11.3 Å². The second-order valence-electron chi connectivity index (χ2n) is 4.93. The van der Waals surface area contributed by atoms with Crippen LogP contribution in [0, 0.1) is 5.41 Å². The molecule has 1 aliphatic heterocycles. The first-order valence-electron chi connectivity index (χ1n) is 5.86. The molecule has 2 rings (SSSR count). The highest BCUT2D eigenvalue weighted by molar-refractivity contribution is 7.91. The summed E-state index contributed by atoms with van der Waals surface area (Å²) in [6.45, 7) is 2.33. The molecular weight excluding hydrogens is 286 g/mol. The van der Waals surface area contributed by atoms with Crippen LogP contribution in [-0.4, -0.2) is 38.8 Å². The maximum absolute atomic E-state index is 12.4. The Morgan fingerprint density at radius 3 is 2.79 bits per heavy atom. The van der Waals surface area contributed by atoms with E-state index in [1.54, 1.807) is 19.4 Å². The van der Waals surface area contributed by atoms with E-state index in [0.29, 0.717) is 18.7 Å². The highest BCUT2D eigenvalue weighted by atomic mass is 32.2. The van der Waals surface area contributed by atoms with Crippen molar-refractivity contribution in [3.05, 3.63) is 11.4 Å². The molecule has 106 valence electrons. The normalized spacial score (nSPS) is 24.5. The predicted molar refractivity (Wildman–Crippen MR) is 74.3 cm³/mol. The van der Waals surface area contributed by atoms with E-state index in [2.05, 4.69) is 5.32 Å². The third-order valence-electron chi connectivity index (χ3n) is 3.40. The average Bonchev–Trinajstić information content (AvgIpc) is 2.96. The third kappa shape index (κ3) is 2.47. The number of nitrogens with zero attached hydrogens (tertiary/aromatic N) is 1. The number of nitrogens with one attached hydrogen (secondary N) is 1. The molecular formula is C11H17N3O3S2. The smallest absolute Gasteiger partial charge is 0.252 e. The van der Waals surface area contributed by atoms with Crippen molar-refractivity contribution in [2.75, 3.05) is 25.9 Å². The van der Waals surface area contributed by atoms with Crippen LogP contribution in [-0.2, 0) is 14.8 Å². The second-order valence-corrected chi connectivity index (χ2v) is 8.00. The van der Waals surface area contributed by atoms with Crippen LogP contribution in [0.3, 0.4) is 0 Å². The Labute approximate surface area is 116 Å². The van der Waals surface area contributed by atoms with E-state index in [0.717, 1.165) is 11.3 Å². The lowest BCUT2D eigenvalue weighted by atomic mass is 9.89. The number of nitrogens with two attached hydrogens (primary N) is 1. The number of rotatable bonds is 3. The van der Waals surface area contributed by atoms with Gasteiger partial charge in [-0.15, -0.1) is 11.3 Å². The van der Waals surface area contributed by atoms with E-state index < -0.39 is 15.4 Å². The fourth-order valence-corrected chi connectivity index (χ4v) is 5.00. The van der Waals surface area contributed by atoms with E-state index in [9.17, 15) is 13.2 Å². The Morgan fingerprint density at radius 1 is 1.58 bits per heavy atom. The van der Waals surface area contributed by atoms with Crippen molar-refractivity contribution >= 4 is 33.0 Å². The van der Waals surface area contributed by atoms with Gasteiger partial charge in [0, 0.05) is 31.2 Å². The fraction of sp³-hybridized carbons (Fsp3) is 0.545. The molecule has 1 unspecified atom stereocenters. The van der Waals surface area contributed by atoms with Gasteiger partial charge in [0.2, 0.25) is 5.91 Å². The van der Waals surface area contributed by atoms with Gasteiger partial charge in [0.1, 0.15) is 4.21 Å². The fourth-order valence-electron chi connectivity index (χ4n) is 2.20. The zero-order chi connectivity index (χ0) is 14.3. The van der Waals surface area contributed by atoms with Gasteiger partial charge in [-0.2, -0.15) is 4.31 Å². The number of sulfonamides is 1. The van der Waals surface area contributed by atoms with Gasteiger partial charge in [-0.1, -0.05) is 0 Å². The molecule has 8 heteroatoms. The molecule has 1 aromatic rings. The lowest BCUT2D eigenvalue weighted by molar-refractivity contribution is -0.128. The highest BCUT2D eigenvalue weighted by Gasteiger charge is 2.44. The van der Waals surface area contributed by atoms with E-state index >= 15 is 0 Å². The monoisotopic (exact) mass is 303 g/mol. The van der Waals surface area contributed by atoms with Crippen molar-refractivity contribution in [1.82, 2.24) is 9.62 Å². The predicted octanol–water partition coefficient (Wildman–Crippen LogP) is 0.477. The Morgan fingerprint density at radius 2 is 2.26 bits per heavy atom. The molecule has 3 N–H and O–H groups in total. The third-order valence-corrected chi connectivity index (χ3v) is 6.68. The van der Waals surface area contributed by atoms with Crippen LogP contribution < -0.4 is 11.1 Å². The first-order chi connectivity index (χ1) is 8.79. The molecule has 6 nitrogen and oxygen atoms in total. The molecule has 0 spiro atoms. The van der Waals surface area contributed by atoms with Gasteiger partial charge >= 0.3 is 0 Å². The molecule has 1 atom stereocenters. The molecule has 2 heterocycles. The SMILES string of the molecule is CNC(=O)C1(C)CCN(S(=O)(=O)c2cc(N)cs2)C1. The summed E-state index contributed by atoms with van der Waals surface area (Å²) in [6, 6.07) is 1.45. The van der Waals surface area contributed by atoms with Gasteiger partial charge in [0.15, 0.2) is 0 Å². The maximum Gasteiger partial charge on any atom is 0.252 e. The molecule has 1 fully saturated rings. The summed E-state index contributed by atoms with van der Waals surface area (Å²) in [5, 5.41) is 4.18. The van der Waals surface area contributed by atoms with Crippen molar-refractivity contribution < 1.29 is 13.2 Å². The van der Waals surface area contributed by atoms with E-state index in [4.69, 9.17) is 5.73 Å². The topological polar surface area (TPSA) is 92.5 Å². The van der Waals surface area contributed by atoms with Crippen LogP contribution in [0.5, 0.6) is 0 Å². The van der Waals surface area contributed by atoms with Crippen molar-refractivity contribution in [2.24, 2.45) is 5.41 Å². The van der Waals surface area contributed by atoms with Gasteiger partial charge < -0.3 is 11.1 Å². The average molecular weight is 303 g/mol. The summed E-state index contributed by atoms with van der Waals surface area (Å²) >= 11 is 1.10. The summed E-state index contributed by atoms with van der Waals surface area (Å²) < 4.78 is 26.4. The maximum atomic E-state index is 12.4. The Kier molecular flexibility index (Phi) is 3.59. The summed E-state index contributed by atoms with van der Waals surface area (Å²) in [5.41, 5.74) is 5.34. The minimum atomic E-state index is -3.54. The largest absolute Gasteiger partial charge is 0.398 e. The Bertz CT molecular complexity index is 596. The van der Waals surface area contributed by atoms with Gasteiger partial charge in [-0.3, -0.25) is 4.79 Å².